The summed E-state index contributed by atoms with van der Waals surface area (Å²) >= 11 is 0. The van der Waals surface area contributed by atoms with Crippen molar-refractivity contribution >= 4 is 5.91 Å². The van der Waals surface area contributed by atoms with Crippen LogP contribution in [0.1, 0.15) is 24.9 Å². The number of carbonyl (C=O) groups is 1. The van der Waals surface area contributed by atoms with Crippen molar-refractivity contribution in [3.8, 4) is 11.4 Å². The number of hydrogen-bond acceptors (Lipinski definition) is 5. The lowest BCUT2D eigenvalue weighted by Gasteiger charge is -2.10. The third kappa shape index (κ3) is 4.28. The van der Waals surface area contributed by atoms with Gasteiger partial charge in [0.15, 0.2) is 0 Å². The van der Waals surface area contributed by atoms with Gasteiger partial charge in [0.2, 0.25) is 11.7 Å². The zero-order valence-corrected chi connectivity index (χ0v) is 14.3. The van der Waals surface area contributed by atoms with Gasteiger partial charge in [-0.2, -0.15) is 9.90 Å². The third-order valence-electron chi connectivity index (χ3n) is 3.89. The van der Waals surface area contributed by atoms with Crippen LogP contribution in [0.5, 0.6) is 0 Å². The summed E-state index contributed by atoms with van der Waals surface area (Å²) in [5.74, 6) is 0.389. The summed E-state index contributed by atoms with van der Waals surface area (Å²) in [4.78, 5) is 13.6. The second kappa shape index (κ2) is 7.69. The molecule has 25 heavy (non-hydrogen) atoms. The van der Waals surface area contributed by atoms with Gasteiger partial charge in [0.1, 0.15) is 6.04 Å². The molecule has 0 saturated heterocycles. The lowest BCUT2D eigenvalue weighted by Crippen LogP contribution is -2.32. The first kappa shape index (κ1) is 16.8. The average Bonchev–Trinajstić information content (AvgIpc) is 3.28. The number of aromatic nitrogens is 6. The number of nitrogens with one attached hydrogen (secondary N) is 1. The molecule has 1 amide bonds. The van der Waals surface area contributed by atoms with E-state index in [-0.39, 0.29) is 5.91 Å². The fourth-order valence-corrected chi connectivity index (χ4v) is 2.45. The van der Waals surface area contributed by atoms with Gasteiger partial charge in [0, 0.05) is 25.4 Å². The molecule has 1 unspecified atom stereocenters. The first-order chi connectivity index (χ1) is 12.1. The van der Waals surface area contributed by atoms with Crippen LogP contribution in [0.15, 0.2) is 42.7 Å². The topological polar surface area (TPSA) is 90.5 Å². The molecule has 0 fully saturated rings. The van der Waals surface area contributed by atoms with E-state index in [9.17, 15) is 4.79 Å². The monoisotopic (exact) mass is 339 g/mol. The van der Waals surface area contributed by atoms with Crippen LogP contribution in [0.2, 0.25) is 0 Å². The highest BCUT2D eigenvalue weighted by Gasteiger charge is 2.18. The number of hydrogen-bond donors (Lipinski definition) is 1. The van der Waals surface area contributed by atoms with Crippen LogP contribution < -0.4 is 5.32 Å². The SMILES string of the molecule is CC(C(=O)NCCCc1cnn(C)c1)n1nnc(-c2ccccc2)n1. The van der Waals surface area contributed by atoms with Crippen molar-refractivity contribution in [1.82, 2.24) is 35.3 Å². The van der Waals surface area contributed by atoms with Crippen molar-refractivity contribution in [2.24, 2.45) is 7.05 Å². The van der Waals surface area contributed by atoms with E-state index < -0.39 is 6.04 Å². The predicted molar refractivity (Wildman–Crippen MR) is 92.5 cm³/mol. The van der Waals surface area contributed by atoms with Gasteiger partial charge in [-0.15, -0.1) is 10.2 Å². The predicted octanol–water partition coefficient (Wildman–Crippen LogP) is 1.38. The van der Waals surface area contributed by atoms with E-state index >= 15 is 0 Å². The Bertz CT molecular complexity index is 824. The number of tetrazole rings is 1. The molecule has 8 nitrogen and oxygen atoms in total. The van der Waals surface area contributed by atoms with Gasteiger partial charge in [-0.05, 0) is 30.5 Å². The van der Waals surface area contributed by atoms with E-state index in [0.717, 1.165) is 24.0 Å². The Balaban J connectivity index is 1.49. The van der Waals surface area contributed by atoms with Crippen LogP contribution in [-0.4, -0.2) is 42.4 Å². The lowest BCUT2D eigenvalue weighted by atomic mass is 10.2. The Hall–Kier alpha value is -3.03. The molecule has 1 atom stereocenters. The Labute approximate surface area is 145 Å². The highest BCUT2D eigenvalue weighted by atomic mass is 16.2. The molecular weight excluding hydrogens is 318 g/mol. The molecule has 0 aliphatic rings. The van der Waals surface area contributed by atoms with Crippen LogP contribution in [0.4, 0.5) is 0 Å². The van der Waals surface area contributed by atoms with Gasteiger partial charge in [0.05, 0.1) is 6.20 Å². The number of amides is 1. The molecule has 0 saturated carbocycles. The Morgan fingerprint density at radius 1 is 1.28 bits per heavy atom. The van der Waals surface area contributed by atoms with Crippen LogP contribution >= 0.6 is 0 Å². The van der Waals surface area contributed by atoms with Crippen molar-refractivity contribution in [1.29, 1.82) is 0 Å². The lowest BCUT2D eigenvalue weighted by molar-refractivity contribution is -0.124. The molecule has 0 spiro atoms. The molecular formula is C17H21N7O. The number of benzene rings is 1. The second-order valence-electron chi connectivity index (χ2n) is 5.89. The summed E-state index contributed by atoms with van der Waals surface area (Å²) in [5, 5.41) is 19.4. The fourth-order valence-electron chi connectivity index (χ4n) is 2.45. The first-order valence-electron chi connectivity index (χ1n) is 8.23. The molecule has 2 aromatic heterocycles. The standard InChI is InChI=1S/C17H21N7O/c1-13(17(25)18-10-6-7-14-11-19-23(2)12-14)24-21-16(20-22-24)15-8-4-3-5-9-15/h3-5,8-9,11-13H,6-7,10H2,1-2H3,(H,18,25). The van der Waals surface area contributed by atoms with Gasteiger partial charge in [0.25, 0.3) is 0 Å². The van der Waals surface area contributed by atoms with Gasteiger partial charge in [-0.25, -0.2) is 0 Å². The van der Waals surface area contributed by atoms with Crippen molar-refractivity contribution in [2.45, 2.75) is 25.8 Å². The number of rotatable bonds is 7. The second-order valence-corrected chi connectivity index (χ2v) is 5.89. The molecule has 2 heterocycles. The largest absolute Gasteiger partial charge is 0.354 e. The van der Waals surface area contributed by atoms with Crippen molar-refractivity contribution in [3.63, 3.8) is 0 Å². The normalized spacial score (nSPS) is 12.1. The molecule has 1 N–H and O–H groups in total. The molecule has 130 valence electrons. The molecule has 3 aromatic rings. The minimum atomic E-state index is -0.511. The molecule has 3 rings (SSSR count). The van der Waals surface area contributed by atoms with Crippen LogP contribution in [-0.2, 0) is 18.3 Å². The van der Waals surface area contributed by atoms with Crippen LogP contribution in [0, 0.1) is 0 Å². The number of aryl methyl sites for hydroxylation is 2. The van der Waals surface area contributed by atoms with Gasteiger partial charge in [-0.1, -0.05) is 30.3 Å². The van der Waals surface area contributed by atoms with E-state index in [1.807, 2.05) is 49.8 Å². The Morgan fingerprint density at radius 2 is 2.08 bits per heavy atom. The third-order valence-corrected chi connectivity index (χ3v) is 3.89. The smallest absolute Gasteiger partial charge is 0.246 e. The molecule has 1 aromatic carbocycles. The summed E-state index contributed by atoms with van der Waals surface area (Å²) in [6, 6.07) is 9.05. The van der Waals surface area contributed by atoms with E-state index in [0.29, 0.717) is 12.4 Å². The summed E-state index contributed by atoms with van der Waals surface area (Å²) in [5.41, 5.74) is 2.04. The maximum Gasteiger partial charge on any atom is 0.246 e. The number of nitrogens with zero attached hydrogens (tertiary/aromatic N) is 6. The zero-order chi connectivity index (χ0) is 17.6. The van der Waals surface area contributed by atoms with Crippen molar-refractivity contribution in [2.75, 3.05) is 6.54 Å². The summed E-state index contributed by atoms with van der Waals surface area (Å²) in [6.45, 7) is 2.35. The highest BCUT2D eigenvalue weighted by Crippen LogP contribution is 2.13. The highest BCUT2D eigenvalue weighted by molar-refractivity contribution is 5.79. The van der Waals surface area contributed by atoms with Crippen LogP contribution in [0.3, 0.4) is 0 Å². The molecule has 0 aliphatic heterocycles. The molecule has 0 radical (unpaired) electrons. The Morgan fingerprint density at radius 3 is 2.80 bits per heavy atom. The van der Waals surface area contributed by atoms with Crippen molar-refractivity contribution < 1.29 is 4.79 Å². The molecule has 8 heteroatoms. The van der Waals surface area contributed by atoms with E-state index in [1.165, 1.54) is 4.80 Å². The summed E-state index contributed by atoms with van der Waals surface area (Å²) in [7, 11) is 1.89. The minimum absolute atomic E-state index is 0.122. The molecule has 0 bridgehead atoms. The quantitative estimate of drug-likeness (QED) is 0.657. The van der Waals surface area contributed by atoms with Gasteiger partial charge >= 0.3 is 0 Å². The van der Waals surface area contributed by atoms with E-state index in [2.05, 4.69) is 25.8 Å². The first-order valence-corrected chi connectivity index (χ1v) is 8.23. The van der Waals surface area contributed by atoms with Crippen molar-refractivity contribution in [3.05, 3.63) is 48.3 Å². The van der Waals surface area contributed by atoms with E-state index in [1.54, 1.807) is 11.6 Å². The van der Waals surface area contributed by atoms with E-state index in [4.69, 9.17) is 0 Å². The Kier molecular flexibility index (Phi) is 5.17. The van der Waals surface area contributed by atoms with Gasteiger partial charge < -0.3 is 5.32 Å². The maximum atomic E-state index is 12.2. The van der Waals surface area contributed by atoms with Gasteiger partial charge in [-0.3, -0.25) is 9.48 Å². The maximum absolute atomic E-state index is 12.2. The minimum Gasteiger partial charge on any atom is -0.354 e. The zero-order valence-electron chi connectivity index (χ0n) is 14.3. The summed E-state index contributed by atoms with van der Waals surface area (Å²) in [6.07, 6.45) is 5.55. The number of carbonyl (C=O) groups excluding carboxylic acids is 1. The average molecular weight is 339 g/mol. The van der Waals surface area contributed by atoms with Crippen LogP contribution in [0.25, 0.3) is 11.4 Å². The molecule has 0 aliphatic carbocycles. The fraction of sp³-hybridized carbons (Fsp3) is 0.353. The summed E-state index contributed by atoms with van der Waals surface area (Å²) < 4.78 is 1.77.